The number of Topliss-reactive ketones (excluding diaryl/α,β-unsaturated/α-hetero) is 1. The Labute approximate surface area is 110 Å². The van der Waals surface area contributed by atoms with E-state index in [2.05, 4.69) is 0 Å². The van der Waals surface area contributed by atoms with Crippen LogP contribution in [0.25, 0.3) is 0 Å². The lowest BCUT2D eigenvalue weighted by Crippen LogP contribution is -2.26. The monoisotopic (exact) mass is 260 g/mol. The summed E-state index contributed by atoms with van der Waals surface area (Å²) in [5.74, 6) is -2.12. The van der Waals surface area contributed by atoms with Crippen LogP contribution < -0.4 is 0 Å². The van der Waals surface area contributed by atoms with Crippen LogP contribution in [0.2, 0.25) is 0 Å². The van der Waals surface area contributed by atoms with E-state index in [0.717, 1.165) is 51.4 Å². The quantitative estimate of drug-likeness (QED) is 0.372. The molecule has 0 heterocycles. The van der Waals surface area contributed by atoms with Gasteiger partial charge in [-0.05, 0) is 19.3 Å². The van der Waals surface area contributed by atoms with Crippen LogP contribution in [0.15, 0.2) is 0 Å². The summed E-state index contributed by atoms with van der Waals surface area (Å²) in [6, 6.07) is 0. The Balaban J connectivity index is 3.15. The van der Waals surface area contributed by atoms with Gasteiger partial charge < -0.3 is 15.3 Å². The minimum atomic E-state index is -2.50. The number of aliphatic hydroxyl groups is 3. The highest BCUT2D eigenvalue weighted by Gasteiger charge is 2.16. The van der Waals surface area contributed by atoms with Gasteiger partial charge in [-0.15, -0.1) is 0 Å². The third-order valence-corrected chi connectivity index (χ3v) is 3.00. The SMILES string of the molecule is CCCC(=O)CCCCCCCCCC(O)(O)O. The molecule has 0 saturated heterocycles. The third kappa shape index (κ3) is 13.6. The minimum Gasteiger partial charge on any atom is -0.344 e. The first-order valence-corrected chi connectivity index (χ1v) is 7.14. The smallest absolute Gasteiger partial charge is 0.275 e. The molecule has 108 valence electrons. The zero-order valence-electron chi connectivity index (χ0n) is 11.5. The van der Waals surface area contributed by atoms with Crippen molar-refractivity contribution in [1.82, 2.24) is 0 Å². The minimum absolute atomic E-state index is 0.0124. The Hall–Kier alpha value is -0.450. The fraction of sp³-hybridized carbons (Fsp3) is 0.929. The van der Waals surface area contributed by atoms with Gasteiger partial charge >= 0.3 is 0 Å². The molecule has 0 radical (unpaired) electrons. The molecule has 0 aliphatic carbocycles. The summed E-state index contributed by atoms with van der Waals surface area (Å²) >= 11 is 0. The summed E-state index contributed by atoms with van der Waals surface area (Å²) in [7, 11) is 0. The number of carbonyl (C=O) groups excluding carboxylic acids is 1. The molecule has 0 unspecified atom stereocenters. The Morgan fingerprint density at radius 3 is 1.83 bits per heavy atom. The van der Waals surface area contributed by atoms with E-state index in [1.54, 1.807) is 0 Å². The molecular weight excluding hydrogens is 232 g/mol. The van der Waals surface area contributed by atoms with Gasteiger partial charge in [0, 0.05) is 19.3 Å². The molecule has 4 nitrogen and oxygen atoms in total. The van der Waals surface area contributed by atoms with E-state index in [9.17, 15) is 4.79 Å². The van der Waals surface area contributed by atoms with Crippen LogP contribution in [0.1, 0.15) is 77.6 Å². The fourth-order valence-corrected chi connectivity index (χ4v) is 1.97. The number of hydrogen-bond acceptors (Lipinski definition) is 4. The van der Waals surface area contributed by atoms with Gasteiger partial charge in [0.1, 0.15) is 5.78 Å². The van der Waals surface area contributed by atoms with Gasteiger partial charge in [0.25, 0.3) is 5.97 Å². The van der Waals surface area contributed by atoms with Crippen molar-refractivity contribution in [2.24, 2.45) is 0 Å². The van der Waals surface area contributed by atoms with E-state index in [-0.39, 0.29) is 6.42 Å². The van der Waals surface area contributed by atoms with E-state index in [0.29, 0.717) is 18.6 Å². The molecule has 0 bridgehead atoms. The van der Waals surface area contributed by atoms with E-state index < -0.39 is 5.97 Å². The van der Waals surface area contributed by atoms with Crippen molar-refractivity contribution in [2.45, 2.75) is 83.5 Å². The maximum absolute atomic E-state index is 11.2. The molecule has 0 aromatic carbocycles. The first-order valence-electron chi connectivity index (χ1n) is 7.14. The molecule has 4 heteroatoms. The zero-order chi connectivity index (χ0) is 13.9. The molecule has 0 spiro atoms. The summed E-state index contributed by atoms with van der Waals surface area (Å²) in [6.45, 7) is 2.03. The summed E-state index contributed by atoms with van der Waals surface area (Å²) in [5, 5.41) is 26.0. The van der Waals surface area contributed by atoms with Gasteiger partial charge in [-0.25, -0.2) is 0 Å². The first-order chi connectivity index (χ1) is 8.45. The van der Waals surface area contributed by atoms with Gasteiger partial charge in [0.05, 0.1) is 0 Å². The highest BCUT2D eigenvalue weighted by Crippen LogP contribution is 2.13. The van der Waals surface area contributed by atoms with Crippen LogP contribution in [-0.4, -0.2) is 27.1 Å². The normalized spacial score (nSPS) is 11.8. The fourth-order valence-electron chi connectivity index (χ4n) is 1.97. The number of rotatable bonds is 12. The Morgan fingerprint density at radius 2 is 1.33 bits per heavy atom. The van der Waals surface area contributed by atoms with Crippen molar-refractivity contribution < 1.29 is 20.1 Å². The molecular formula is C14H28O4. The highest BCUT2D eigenvalue weighted by atomic mass is 16.7. The van der Waals surface area contributed by atoms with Crippen molar-refractivity contribution >= 4 is 5.78 Å². The van der Waals surface area contributed by atoms with Gasteiger partial charge in [0.15, 0.2) is 0 Å². The van der Waals surface area contributed by atoms with Crippen molar-refractivity contribution in [1.29, 1.82) is 0 Å². The molecule has 0 fully saturated rings. The number of hydrogen-bond donors (Lipinski definition) is 3. The number of unbranched alkanes of at least 4 members (excludes halogenated alkanes) is 6. The molecule has 18 heavy (non-hydrogen) atoms. The Bertz CT molecular complexity index is 208. The maximum atomic E-state index is 11.2. The second kappa shape index (κ2) is 10.5. The van der Waals surface area contributed by atoms with Crippen LogP contribution in [0.4, 0.5) is 0 Å². The summed E-state index contributed by atoms with van der Waals surface area (Å²) < 4.78 is 0. The van der Waals surface area contributed by atoms with Gasteiger partial charge in [-0.3, -0.25) is 4.79 Å². The molecule has 0 atom stereocenters. The van der Waals surface area contributed by atoms with E-state index in [1.165, 1.54) is 0 Å². The third-order valence-electron chi connectivity index (χ3n) is 3.00. The van der Waals surface area contributed by atoms with Crippen LogP contribution in [0.3, 0.4) is 0 Å². The highest BCUT2D eigenvalue weighted by molar-refractivity contribution is 5.78. The lowest BCUT2D eigenvalue weighted by molar-refractivity contribution is -0.315. The molecule has 0 rings (SSSR count). The molecule has 0 aromatic rings. The molecule has 0 amide bonds. The van der Waals surface area contributed by atoms with Gasteiger partial charge in [-0.1, -0.05) is 39.0 Å². The van der Waals surface area contributed by atoms with Crippen molar-refractivity contribution in [3.05, 3.63) is 0 Å². The lowest BCUT2D eigenvalue weighted by Gasteiger charge is -2.12. The molecule has 0 saturated carbocycles. The first kappa shape index (κ1) is 17.6. The van der Waals surface area contributed by atoms with Crippen molar-refractivity contribution in [3.63, 3.8) is 0 Å². The topological polar surface area (TPSA) is 77.8 Å². The zero-order valence-corrected chi connectivity index (χ0v) is 11.5. The van der Waals surface area contributed by atoms with Gasteiger partial charge in [-0.2, -0.15) is 0 Å². The summed E-state index contributed by atoms with van der Waals surface area (Å²) in [5.41, 5.74) is 0. The summed E-state index contributed by atoms with van der Waals surface area (Å²) in [4.78, 5) is 11.2. The predicted molar refractivity (Wildman–Crippen MR) is 70.9 cm³/mol. The second-order valence-electron chi connectivity index (χ2n) is 5.04. The summed E-state index contributed by atoms with van der Waals surface area (Å²) in [6.07, 6.45) is 9.28. The lowest BCUT2D eigenvalue weighted by atomic mass is 10.0. The van der Waals surface area contributed by atoms with Gasteiger partial charge in [0.2, 0.25) is 0 Å². The Kier molecular flexibility index (Phi) is 10.2. The van der Waals surface area contributed by atoms with Crippen LogP contribution >= 0.6 is 0 Å². The van der Waals surface area contributed by atoms with Crippen LogP contribution in [-0.2, 0) is 4.79 Å². The average Bonchev–Trinajstić information content (AvgIpc) is 2.25. The molecule has 0 aliphatic heterocycles. The average molecular weight is 260 g/mol. The van der Waals surface area contributed by atoms with E-state index >= 15 is 0 Å². The van der Waals surface area contributed by atoms with Crippen LogP contribution in [0, 0.1) is 0 Å². The van der Waals surface area contributed by atoms with E-state index in [1.807, 2.05) is 6.92 Å². The molecule has 0 aromatic heterocycles. The largest absolute Gasteiger partial charge is 0.344 e. The predicted octanol–water partition coefficient (Wildman–Crippen LogP) is 2.50. The standard InChI is InChI=1S/C14H28O4/c1-2-10-13(15)11-8-6-4-3-5-7-9-12-14(16,17)18/h16-18H,2-12H2,1H3. The molecule has 3 N–H and O–H groups in total. The van der Waals surface area contributed by atoms with Crippen molar-refractivity contribution in [2.75, 3.05) is 0 Å². The Morgan fingerprint density at radius 1 is 0.833 bits per heavy atom. The second-order valence-corrected chi connectivity index (χ2v) is 5.04. The van der Waals surface area contributed by atoms with E-state index in [4.69, 9.17) is 15.3 Å². The molecule has 0 aliphatic rings. The number of carbonyl (C=O) groups is 1. The maximum Gasteiger partial charge on any atom is 0.275 e. The van der Waals surface area contributed by atoms with Crippen molar-refractivity contribution in [3.8, 4) is 0 Å². The number of ketones is 1. The van der Waals surface area contributed by atoms with Crippen LogP contribution in [0.5, 0.6) is 0 Å².